The molecule has 2 fully saturated rings. The van der Waals surface area contributed by atoms with Crippen LogP contribution in [0.4, 0.5) is 0 Å². The van der Waals surface area contributed by atoms with Crippen LogP contribution in [-0.2, 0) is 0 Å². The first-order valence-electron chi connectivity index (χ1n) is 8.19. The van der Waals surface area contributed by atoms with Gasteiger partial charge >= 0.3 is 0 Å². The second kappa shape index (κ2) is 6.38. The van der Waals surface area contributed by atoms with E-state index in [9.17, 15) is 0 Å². The van der Waals surface area contributed by atoms with Crippen molar-refractivity contribution < 1.29 is 0 Å². The summed E-state index contributed by atoms with van der Waals surface area (Å²) in [6, 6.07) is 0. The molecule has 2 saturated carbocycles. The summed E-state index contributed by atoms with van der Waals surface area (Å²) in [4.78, 5) is 2.81. The minimum Gasteiger partial charge on any atom is -0.329 e. The minimum atomic E-state index is 0.314. The van der Waals surface area contributed by atoms with Gasteiger partial charge in [0.1, 0.15) is 0 Å². The van der Waals surface area contributed by atoms with Crippen LogP contribution in [0.3, 0.4) is 0 Å². The average molecular weight is 252 g/mol. The van der Waals surface area contributed by atoms with E-state index in [-0.39, 0.29) is 0 Å². The highest BCUT2D eigenvalue weighted by atomic mass is 15.2. The van der Waals surface area contributed by atoms with Crippen LogP contribution in [0.25, 0.3) is 0 Å². The third-order valence-corrected chi connectivity index (χ3v) is 4.83. The lowest BCUT2D eigenvalue weighted by atomic mass is 9.86. The zero-order chi connectivity index (χ0) is 13.0. The van der Waals surface area contributed by atoms with Crippen LogP contribution in [0.2, 0.25) is 0 Å². The Balaban J connectivity index is 2.03. The van der Waals surface area contributed by atoms with Crippen molar-refractivity contribution in [2.75, 3.05) is 19.6 Å². The summed E-state index contributed by atoms with van der Waals surface area (Å²) in [5, 5.41) is 0. The van der Waals surface area contributed by atoms with Crippen molar-refractivity contribution in [2.45, 2.75) is 70.8 Å². The van der Waals surface area contributed by atoms with Crippen LogP contribution in [0.1, 0.15) is 65.2 Å². The maximum atomic E-state index is 6.23. The maximum absolute atomic E-state index is 6.23. The molecule has 0 unspecified atom stereocenters. The van der Waals surface area contributed by atoms with Gasteiger partial charge in [0.05, 0.1) is 0 Å². The predicted octanol–water partition coefficient (Wildman–Crippen LogP) is 3.41. The second-order valence-electron chi connectivity index (χ2n) is 6.72. The molecular formula is C16H32N2. The smallest absolute Gasteiger partial charge is 0.0331 e. The number of rotatable bonds is 10. The predicted molar refractivity (Wildman–Crippen MR) is 78.6 cm³/mol. The van der Waals surface area contributed by atoms with Crippen molar-refractivity contribution in [2.24, 2.45) is 17.6 Å². The highest BCUT2D eigenvalue weighted by molar-refractivity contribution is 4.96. The summed E-state index contributed by atoms with van der Waals surface area (Å²) in [6.45, 7) is 8.13. The van der Waals surface area contributed by atoms with E-state index in [0.717, 1.165) is 18.4 Å². The largest absolute Gasteiger partial charge is 0.329 e. The summed E-state index contributed by atoms with van der Waals surface area (Å²) < 4.78 is 0. The van der Waals surface area contributed by atoms with Gasteiger partial charge in [-0.2, -0.15) is 0 Å². The molecular weight excluding hydrogens is 220 g/mol. The first kappa shape index (κ1) is 14.3. The van der Waals surface area contributed by atoms with Gasteiger partial charge in [0, 0.05) is 25.2 Å². The Morgan fingerprint density at radius 3 is 1.67 bits per heavy atom. The van der Waals surface area contributed by atoms with E-state index in [4.69, 9.17) is 5.73 Å². The van der Waals surface area contributed by atoms with E-state index in [2.05, 4.69) is 18.7 Å². The average Bonchev–Trinajstić information content (AvgIpc) is 3.22. The quantitative estimate of drug-likeness (QED) is 0.645. The molecule has 18 heavy (non-hydrogen) atoms. The van der Waals surface area contributed by atoms with Crippen molar-refractivity contribution in [1.29, 1.82) is 0 Å². The molecule has 0 atom stereocenters. The minimum absolute atomic E-state index is 0.314. The molecule has 2 N–H and O–H groups in total. The molecule has 2 aliphatic carbocycles. The lowest BCUT2D eigenvalue weighted by Gasteiger charge is -2.44. The molecule has 0 aromatic rings. The standard InChI is InChI=1S/C16H32N2/c1-3-9-16(13-17,10-4-2)18(11-14-5-6-14)12-15-7-8-15/h14-15H,3-13,17H2,1-2H3. The molecule has 2 aliphatic rings. The van der Waals surface area contributed by atoms with Gasteiger partial charge < -0.3 is 5.73 Å². The Bertz CT molecular complexity index is 223. The number of hydrogen-bond donors (Lipinski definition) is 1. The highest BCUT2D eigenvalue weighted by Gasteiger charge is 2.39. The van der Waals surface area contributed by atoms with Crippen molar-refractivity contribution >= 4 is 0 Å². The van der Waals surface area contributed by atoms with Gasteiger partial charge in [-0.05, 0) is 50.4 Å². The van der Waals surface area contributed by atoms with Gasteiger partial charge in [0.15, 0.2) is 0 Å². The van der Waals surface area contributed by atoms with E-state index in [1.165, 1.54) is 64.5 Å². The van der Waals surface area contributed by atoms with Crippen LogP contribution in [0.15, 0.2) is 0 Å². The zero-order valence-corrected chi connectivity index (χ0v) is 12.5. The molecule has 0 heterocycles. The fraction of sp³-hybridized carbons (Fsp3) is 1.00. The van der Waals surface area contributed by atoms with E-state index >= 15 is 0 Å². The third kappa shape index (κ3) is 3.71. The Hall–Kier alpha value is -0.0800. The topological polar surface area (TPSA) is 29.3 Å². The lowest BCUT2D eigenvalue weighted by Crippen LogP contribution is -2.55. The number of nitrogens with zero attached hydrogens (tertiary/aromatic N) is 1. The highest BCUT2D eigenvalue weighted by Crippen LogP contribution is 2.38. The molecule has 0 spiro atoms. The van der Waals surface area contributed by atoms with Crippen LogP contribution in [0, 0.1) is 11.8 Å². The van der Waals surface area contributed by atoms with Crippen LogP contribution < -0.4 is 5.73 Å². The van der Waals surface area contributed by atoms with E-state index in [0.29, 0.717) is 5.54 Å². The van der Waals surface area contributed by atoms with Crippen LogP contribution in [-0.4, -0.2) is 30.1 Å². The first-order chi connectivity index (χ1) is 8.74. The summed E-state index contributed by atoms with van der Waals surface area (Å²) in [7, 11) is 0. The molecule has 0 bridgehead atoms. The van der Waals surface area contributed by atoms with Gasteiger partial charge in [-0.3, -0.25) is 4.90 Å². The van der Waals surface area contributed by atoms with E-state index in [1.807, 2.05) is 0 Å². The van der Waals surface area contributed by atoms with Crippen molar-refractivity contribution in [3.8, 4) is 0 Å². The summed E-state index contributed by atoms with van der Waals surface area (Å²) in [5.41, 5.74) is 6.55. The van der Waals surface area contributed by atoms with Crippen LogP contribution >= 0.6 is 0 Å². The molecule has 0 aromatic carbocycles. The zero-order valence-electron chi connectivity index (χ0n) is 12.5. The second-order valence-corrected chi connectivity index (χ2v) is 6.72. The van der Waals surface area contributed by atoms with E-state index < -0.39 is 0 Å². The lowest BCUT2D eigenvalue weighted by molar-refractivity contribution is 0.0642. The van der Waals surface area contributed by atoms with Gasteiger partial charge in [-0.1, -0.05) is 26.7 Å². The summed E-state index contributed by atoms with van der Waals surface area (Å²) in [5.74, 6) is 1.98. The Labute approximate surface area is 113 Å². The fourth-order valence-corrected chi connectivity index (χ4v) is 3.39. The van der Waals surface area contributed by atoms with Gasteiger partial charge in [0.25, 0.3) is 0 Å². The van der Waals surface area contributed by atoms with Crippen molar-refractivity contribution in [3.63, 3.8) is 0 Å². The van der Waals surface area contributed by atoms with Crippen LogP contribution in [0.5, 0.6) is 0 Å². The third-order valence-electron chi connectivity index (χ3n) is 4.83. The normalized spacial score (nSPS) is 20.7. The Morgan fingerprint density at radius 2 is 1.39 bits per heavy atom. The van der Waals surface area contributed by atoms with E-state index in [1.54, 1.807) is 0 Å². The van der Waals surface area contributed by atoms with Crippen molar-refractivity contribution in [1.82, 2.24) is 4.90 Å². The maximum Gasteiger partial charge on any atom is 0.0331 e. The molecule has 106 valence electrons. The number of hydrogen-bond acceptors (Lipinski definition) is 2. The Morgan fingerprint density at radius 1 is 0.944 bits per heavy atom. The molecule has 0 amide bonds. The SMILES string of the molecule is CCCC(CN)(CCC)N(CC1CC1)CC1CC1. The molecule has 0 saturated heterocycles. The molecule has 2 heteroatoms. The summed E-state index contributed by atoms with van der Waals surface area (Å²) in [6.07, 6.45) is 10.9. The van der Waals surface area contributed by atoms with Gasteiger partial charge in [-0.15, -0.1) is 0 Å². The molecule has 2 nitrogen and oxygen atoms in total. The molecule has 0 aromatic heterocycles. The summed E-state index contributed by atoms with van der Waals surface area (Å²) >= 11 is 0. The monoisotopic (exact) mass is 252 g/mol. The first-order valence-corrected chi connectivity index (χ1v) is 8.19. The van der Waals surface area contributed by atoms with Gasteiger partial charge in [0.2, 0.25) is 0 Å². The molecule has 2 rings (SSSR count). The molecule has 0 aliphatic heterocycles. The van der Waals surface area contributed by atoms with Crippen molar-refractivity contribution in [3.05, 3.63) is 0 Å². The fourth-order valence-electron chi connectivity index (χ4n) is 3.39. The number of nitrogens with two attached hydrogens (primary N) is 1. The Kier molecular flexibility index (Phi) is 5.08. The molecule has 0 radical (unpaired) electrons. The van der Waals surface area contributed by atoms with Gasteiger partial charge in [-0.25, -0.2) is 0 Å².